The number of hydrogen-bond donors (Lipinski definition) is 2. The molecule has 0 bridgehead atoms. The molecule has 0 radical (unpaired) electrons. The number of nitrogens with one attached hydrogen (secondary N) is 1. The van der Waals surface area contributed by atoms with Crippen molar-refractivity contribution in [2.45, 2.75) is 19.4 Å². The fourth-order valence-electron chi connectivity index (χ4n) is 2.70. The third-order valence-corrected chi connectivity index (χ3v) is 3.65. The molecule has 1 aromatic carbocycles. The van der Waals surface area contributed by atoms with Gasteiger partial charge in [-0.15, -0.1) is 0 Å². The minimum Gasteiger partial charge on any atom is -0.276 e. The number of nitrogens with two attached hydrogens (primary N) is 1. The fraction of sp³-hybridized carbons (Fsp3) is 0.250. The first-order valence-electron chi connectivity index (χ1n) is 6.97. The summed E-state index contributed by atoms with van der Waals surface area (Å²) in [5.74, 6) is 5.80. The molecule has 2 aromatic heterocycles. The number of hydrogen-bond acceptors (Lipinski definition) is 4. The van der Waals surface area contributed by atoms with Crippen molar-refractivity contribution in [2.75, 3.05) is 0 Å². The largest absolute Gasteiger partial charge is 0.276 e. The van der Waals surface area contributed by atoms with E-state index in [9.17, 15) is 0 Å². The van der Waals surface area contributed by atoms with Crippen molar-refractivity contribution in [1.29, 1.82) is 0 Å². The van der Waals surface area contributed by atoms with Crippen LogP contribution in [0.1, 0.15) is 22.9 Å². The Morgan fingerprint density at radius 3 is 2.86 bits per heavy atom. The third kappa shape index (κ3) is 2.79. The van der Waals surface area contributed by atoms with Gasteiger partial charge in [0.15, 0.2) is 0 Å². The summed E-state index contributed by atoms with van der Waals surface area (Å²) >= 11 is 0. The van der Waals surface area contributed by atoms with Crippen LogP contribution in [0.5, 0.6) is 0 Å². The van der Waals surface area contributed by atoms with Crippen LogP contribution in [0.25, 0.3) is 10.9 Å². The molecule has 3 N–H and O–H groups in total. The lowest BCUT2D eigenvalue weighted by atomic mass is 9.97. The molecule has 108 valence electrons. The van der Waals surface area contributed by atoms with E-state index in [0.29, 0.717) is 0 Å². The Kier molecular flexibility index (Phi) is 3.68. The van der Waals surface area contributed by atoms with Gasteiger partial charge in [0.2, 0.25) is 0 Å². The molecule has 0 aliphatic heterocycles. The maximum absolute atomic E-state index is 5.80. The molecule has 0 aliphatic rings. The second-order valence-corrected chi connectivity index (χ2v) is 5.32. The number of aromatic nitrogens is 3. The first kappa shape index (κ1) is 13.7. The van der Waals surface area contributed by atoms with Gasteiger partial charge in [0.25, 0.3) is 0 Å². The minimum absolute atomic E-state index is 0.0285. The molecule has 0 amide bonds. The predicted molar refractivity (Wildman–Crippen MR) is 83.5 cm³/mol. The Hall–Kier alpha value is -2.24. The third-order valence-electron chi connectivity index (χ3n) is 3.65. The maximum Gasteiger partial charge on any atom is 0.0708 e. The van der Waals surface area contributed by atoms with Crippen LogP contribution in [0.3, 0.4) is 0 Å². The summed E-state index contributed by atoms with van der Waals surface area (Å²) in [6.07, 6.45) is 4.68. The zero-order chi connectivity index (χ0) is 14.8. The Morgan fingerprint density at radius 1 is 1.33 bits per heavy atom. The van der Waals surface area contributed by atoms with Crippen molar-refractivity contribution in [3.63, 3.8) is 0 Å². The number of hydrazine groups is 1. The van der Waals surface area contributed by atoms with E-state index >= 15 is 0 Å². The molecule has 0 fully saturated rings. The quantitative estimate of drug-likeness (QED) is 0.567. The highest BCUT2D eigenvalue weighted by molar-refractivity contribution is 5.82. The molecule has 0 aliphatic carbocycles. The molecule has 0 spiro atoms. The molecular weight excluding hydrogens is 262 g/mol. The van der Waals surface area contributed by atoms with E-state index in [4.69, 9.17) is 5.84 Å². The molecule has 3 rings (SSSR count). The van der Waals surface area contributed by atoms with Gasteiger partial charge in [-0.25, -0.2) is 0 Å². The van der Waals surface area contributed by atoms with Crippen LogP contribution in [0.2, 0.25) is 0 Å². The summed E-state index contributed by atoms with van der Waals surface area (Å²) in [5.41, 5.74) is 7.25. The molecule has 3 aromatic rings. The lowest BCUT2D eigenvalue weighted by molar-refractivity contribution is 0.554. The van der Waals surface area contributed by atoms with Gasteiger partial charge >= 0.3 is 0 Å². The van der Waals surface area contributed by atoms with Gasteiger partial charge in [-0.3, -0.25) is 20.9 Å². The molecule has 2 heterocycles. The van der Waals surface area contributed by atoms with Crippen molar-refractivity contribution >= 4 is 10.9 Å². The zero-order valence-electron chi connectivity index (χ0n) is 12.2. The van der Waals surface area contributed by atoms with Crippen LogP contribution in [0, 0.1) is 6.92 Å². The number of pyridine rings is 1. The zero-order valence-corrected chi connectivity index (χ0v) is 12.2. The minimum atomic E-state index is 0.0285. The van der Waals surface area contributed by atoms with E-state index in [-0.39, 0.29) is 6.04 Å². The van der Waals surface area contributed by atoms with E-state index in [1.165, 1.54) is 5.56 Å². The lowest BCUT2D eigenvalue weighted by Gasteiger charge is -2.18. The molecule has 1 unspecified atom stereocenters. The Bertz CT molecular complexity index is 762. The van der Waals surface area contributed by atoms with Gasteiger partial charge in [0.1, 0.15) is 0 Å². The number of benzene rings is 1. The van der Waals surface area contributed by atoms with Gasteiger partial charge in [-0.05, 0) is 36.6 Å². The number of para-hydroxylation sites is 1. The van der Waals surface area contributed by atoms with E-state index in [0.717, 1.165) is 28.6 Å². The number of nitrogens with zero attached hydrogens (tertiary/aromatic N) is 3. The Balaban J connectivity index is 2.04. The first-order valence-corrected chi connectivity index (χ1v) is 6.97. The van der Waals surface area contributed by atoms with Crippen molar-refractivity contribution in [3.8, 4) is 0 Å². The fourth-order valence-corrected chi connectivity index (χ4v) is 2.70. The Labute approximate surface area is 123 Å². The molecule has 5 heteroatoms. The second kappa shape index (κ2) is 5.63. The van der Waals surface area contributed by atoms with Crippen LogP contribution < -0.4 is 11.3 Å². The van der Waals surface area contributed by atoms with Crippen molar-refractivity contribution in [1.82, 2.24) is 20.2 Å². The molecule has 0 saturated heterocycles. The van der Waals surface area contributed by atoms with Crippen LogP contribution in [0.4, 0.5) is 0 Å². The number of fused-ring (bicyclic) bond motifs is 1. The average molecular weight is 281 g/mol. The standard InChI is InChI=1S/C16H19N5/c1-11-7-14(13-5-3-4-6-15(13)19-11)16(20-17)8-12-9-18-21(2)10-12/h3-7,9-10,16,20H,8,17H2,1-2H3. The topological polar surface area (TPSA) is 68.8 Å². The normalized spacial score (nSPS) is 12.7. The second-order valence-electron chi connectivity index (χ2n) is 5.32. The van der Waals surface area contributed by atoms with Gasteiger partial charge < -0.3 is 0 Å². The van der Waals surface area contributed by atoms with E-state index < -0.39 is 0 Å². The van der Waals surface area contributed by atoms with Crippen LogP contribution in [-0.4, -0.2) is 14.8 Å². The van der Waals surface area contributed by atoms with E-state index in [1.807, 2.05) is 44.6 Å². The summed E-state index contributed by atoms with van der Waals surface area (Å²) in [7, 11) is 1.92. The highest BCUT2D eigenvalue weighted by Crippen LogP contribution is 2.26. The van der Waals surface area contributed by atoms with E-state index in [2.05, 4.69) is 27.6 Å². The van der Waals surface area contributed by atoms with Crippen molar-refractivity contribution in [2.24, 2.45) is 12.9 Å². The lowest BCUT2D eigenvalue weighted by Crippen LogP contribution is -2.29. The van der Waals surface area contributed by atoms with Crippen LogP contribution in [0.15, 0.2) is 42.7 Å². The molecule has 0 saturated carbocycles. The number of aryl methyl sites for hydroxylation is 2. The van der Waals surface area contributed by atoms with Crippen molar-refractivity contribution in [3.05, 3.63) is 59.5 Å². The molecular formula is C16H19N5. The predicted octanol–water partition coefficient (Wildman–Crippen LogP) is 2.02. The SMILES string of the molecule is Cc1cc(C(Cc2cnn(C)c2)NN)c2ccccc2n1. The maximum atomic E-state index is 5.80. The summed E-state index contributed by atoms with van der Waals surface area (Å²) in [6, 6.07) is 10.3. The van der Waals surface area contributed by atoms with Crippen molar-refractivity contribution < 1.29 is 0 Å². The van der Waals surface area contributed by atoms with Crippen LogP contribution in [-0.2, 0) is 13.5 Å². The molecule has 21 heavy (non-hydrogen) atoms. The van der Waals surface area contributed by atoms with Gasteiger partial charge in [0.05, 0.1) is 17.8 Å². The highest BCUT2D eigenvalue weighted by Gasteiger charge is 2.15. The van der Waals surface area contributed by atoms with E-state index in [1.54, 1.807) is 4.68 Å². The van der Waals surface area contributed by atoms with Gasteiger partial charge in [0, 0.05) is 24.3 Å². The molecule has 1 atom stereocenters. The summed E-state index contributed by atoms with van der Waals surface area (Å²) in [5, 5.41) is 5.35. The summed E-state index contributed by atoms with van der Waals surface area (Å²) in [4.78, 5) is 4.58. The smallest absolute Gasteiger partial charge is 0.0708 e. The summed E-state index contributed by atoms with van der Waals surface area (Å²) < 4.78 is 1.80. The Morgan fingerprint density at radius 2 is 2.14 bits per heavy atom. The number of rotatable bonds is 4. The monoisotopic (exact) mass is 281 g/mol. The molecule has 5 nitrogen and oxygen atoms in total. The average Bonchev–Trinajstić information content (AvgIpc) is 2.89. The van der Waals surface area contributed by atoms with Crippen LogP contribution >= 0.6 is 0 Å². The summed E-state index contributed by atoms with van der Waals surface area (Å²) in [6.45, 7) is 2.01. The van der Waals surface area contributed by atoms with Gasteiger partial charge in [-0.2, -0.15) is 5.10 Å². The highest BCUT2D eigenvalue weighted by atomic mass is 15.2. The van der Waals surface area contributed by atoms with Gasteiger partial charge in [-0.1, -0.05) is 18.2 Å². The first-order chi connectivity index (χ1) is 10.2.